The molecular formula is C13H22BrN3O. The van der Waals surface area contributed by atoms with Gasteiger partial charge in [0.25, 0.3) is 0 Å². The van der Waals surface area contributed by atoms with E-state index in [1.165, 1.54) is 0 Å². The minimum absolute atomic E-state index is 0.383. The zero-order valence-electron chi connectivity index (χ0n) is 11.8. The van der Waals surface area contributed by atoms with Crippen LogP contribution < -0.4 is 5.32 Å². The number of anilines is 1. The van der Waals surface area contributed by atoms with Crippen LogP contribution in [0.3, 0.4) is 0 Å². The number of rotatable bonds is 6. The lowest BCUT2D eigenvalue weighted by Gasteiger charge is -2.30. The van der Waals surface area contributed by atoms with Crippen LogP contribution in [0.4, 0.5) is 5.82 Å². The molecule has 1 aromatic rings. The maximum absolute atomic E-state index is 5.94. The molecule has 1 N–H and O–H groups in total. The fourth-order valence-electron chi connectivity index (χ4n) is 2.04. The third-order valence-electron chi connectivity index (χ3n) is 3.22. The summed E-state index contributed by atoms with van der Waals surface area (Å²) in [6.07, 6.45) is 1.73. The van der Waals surface area contributed by atoms with Gasteiger partial charge in [-0.2, -0.15) is 0 Å². The minimum atomic E-state index is -0.383. The summed E-state index contributed by atoms with van der Waals surface area (Å²) in [6, 6.07) is 0. The molecular weight excluding hydrogens is 294 g/mol. The zero-order valence-corrected chi connectivity index (χ0v) is 13.4. The van der Waals surface area contributed by atoms with Gasteiger partial charge in [0, 0.05) is 13.7 Å². The van der Waals surface area contributed by atoms with Crippen molar-refractivity contribution >= 4 is 21.7 Å². The quantitative estimate of drug-likeness (QED) is 0.870. The molecule has 102 valence electrons. The third kappa shape index (κ3) is 2.83. The van der Waals surface area contributed by atoms with Crippen LogP contribution in [0.15, 0.2) is 4.47 Å². The van der Waals surface area contributed by atoms with Crippen molar-refractivity contribution < 1.29 is 4.74 Å². The fraction of sp³-hybridized carbons (Fsp3) is 0.692. The SMILES string of the molecule is CCOC(CC)(CC)c1nc(C)c(Br)c(NC)n1. The maximum Gasteiger partial charge on any atom is 0.162 e. The lowest BCUT2D eigenvalue weighted by molar-refractivity contribution is -0.0571. The number of nitrogens with one attached hydrogen (secondary N) is 1. The van der Waals surface area contributed by atoms with E-state index < -0.39 is 0 Å². The standard InChI is InChI=1S/C13H22BrN3O/c1-6-13(7-2,18-8-3)12-16-9(4)10(14)11(15-5)17-12/h6-8H2,1-5H3,(H,15,16,17). The highest BCUT2D eigenvalue weighted by atomic mass is 79.9. The second-order valence-corrected chi connectivity index (χ2v) is 4.97. The number of halogens is 1. The van der Waals surface area contributed by atoms with E-state index in [-0.39, 0.29) is 5.60 Å². The first-order valence-electron chi connectivity index (χ1n) is 6.40. The second kappa shape index (κ2) is 6.48. The summed E-state index contributed by atoms with van der Waals surface area (Å²) >= 11 is 3.50. The summed E-state index contributed by atoms with van der Waals surface area (Å²) in [5, 5.41) is 3.09. The molecule has 0 unspecified atom stereocenters. The Bertz CT molecular complexity index is 405. The van der Waals surface area contributed by atoms with Crippen LogP contribution in [0.1, 0.15) is 45.1 Å². The summed E-state index contributed by atoms with van der Waals surface area (Å²) in [4.78, 5) is 9.18. The normalized spacial score (nSPS) is 11.7. The Morgan fingerprint density at radius 2 is 1.83 bits per heavy atom. The average molecular weight is 316 g/mol. The van der Waals surface area contributed by atoms with Crippen molar-refractivity contribution in [2.75, 3.05) is 19.0 Å². The monoisotopic (exact) mass is 315 g/mol. The Labute approximate surface area is 118 Å². The van der Waals surface area contributed by atoms with E-state index in [9.17, 15) is 0 Å². The van der Waals surface area contributed by atoms with Crippen molar-refractivity contribution in [3.8, 4) is 0 Å². The van der Waals surface area contributed by atoms with E-state index in [0.29, 0.717) is 6.61 Å². The van der Waals surface area contributed by atoms with Crippen LogP contribution in [-0.2, 0) is 10.3 Å². The van der Waals surface area contributed by atoms with Crippen molar-refractivity contribution in [1.29, 1.82) is 0 Å². The molecule has 4 nitrogen and oxygen atoms in total. The molecule has 0 amide bonds. The van der Waals surface area contributed by atoms with Gasteiger partial charge >= 0.3 is 0 Å². The van der Waals surface area contributed by atoms with Gasteiger partial charge in [-0.3, -0.25) is 0 Å². The second-order valence-electron chi connectivity index (χ2n) is 4.18. The predicted molar refractivity (Wildman–Crippen MR) is 77.9 cm³/mol. The maximum atomic E-state index is 5.94. The Morgan fingerprint density at radius 3 is 2.28 bits per heavy atom. The van der Waals surface area contributed by atoms with Gasteiger partial charge in [-0.25, -0.2) is 9.97 Å². The fourth-order valence-corrected chi connectivity index (χ4v) is 2.42. The number of nitrogens with zero attached hydrogens (tertiary/aromatic N) is 2. The van der Waals surface area contributed by atoms with Crippen LogP contribution in [0, 0.1) is 6.92 Å². The predicted octanol–water partition coefficient (Wildman–Crippen LogP) is 3.64. The number of aromatic nitrogens is 2. The lowest BCUT2D eigenvalue weighted by Crippen LogP contribution is -2.31. The highest BCUT2D eigenvalue weighted by Gasteiger charge is 2.33. The molecule has 0 atom stereocenters. The van der Waals surface area contributed by atoms with E-state index in [0.717, 1.165) is 34.7 Å². The molecule has 1 heterocycles. The van der Waals surface area contributed by atoms with Crippen LogP contribution >= 0.6 is 15.9 Å². The van der Waals surface area contributed by atoms with E-state index in [1.807, 2.05) is 20.9 Å². The van der Waals surface area contributed by atoms with Crippen LogP contribution in [-0.4, -0.2) is 23.6 Å². The number of hydrogen-bond donors (Lipinski definition) is 1. The van der Waals surface area contributed by atoms with Crippen molar-refractivity contribution in [1.82, 2.24) is 9.97 Å². The largest absolute Gasteiger partial charge is 0.372 e. The third-order valence-corrected chi connectivity index (χ3v) is 4.17. The van der Waals surface area contributed by atoms with Gasteiger partial charge in [-0.15, -0.1) is 0 Å². The summed E-state index contributed by atoms with van der Waals surface area (Å²) in [5.74, 6) is 1.57. The molecule has 0 aliphatic rings. The van der Waals surface area contributed by atoms with Gasteiger partial charge in [0.15, 0.2) is 5.82 Å². The molecule has 0 bridgehead atoms. The summed E-state index contributed by atoms with van der Waals surface area (Å²) < 4.78 is 6.85. The summed E-state index contributed by atoms with van der Waals surface area (Å²) in [5.41, 5.74) is 0.543. The average Bonchev–Trinajstić information content (AvgIpc) is 2.39. The first-order chi connectivity index (χ1) is 8.54. The molecule has 0 aromatic carbocycles. The van der Waals surface area contributed by atoms with E-state index in [2.05, 4.69) is 45.1 Å². The zero-order chi connectivity index (χ0) is 13.8. The van der Waals surface area contributed by atoms with Gasteiger partial charge in [0.05, 0.1) is 10.2 Å². The van der Waals surface area contributed by atoms with Crippen molar-refractivity contribution in [2.24, 2.45) is 0 Å². The van der Waals surface area contributed by atoms with Gasteiger partial charge in [0.1, 0.15) is 11.4 Å². The molecule has 0 fully saturated rings. The molecule has 0 spiro atoms. The van der Waals surface area contributed by atoms with Crippen LogP contribution in [0.2, 0.25) is 0 Å². The number of hydrogen-bond acceptors (Lipinski definition) is 4. The first-order valence-corrected chi connectivity index (χ1v) is 7.20. The topological polar surface area (TPSA) is 47.0 Å². The lowest BCUT2D eigenvalue weighted by atomic mass is 9.95. The van der Waals surface area contributed by atoms with Gasteiger partial charge in [-0.05, 0) is 42.6 Å². The van der Waals surface area contributed by atoms with Crippen molar-refractivity contribution in [2.45, 2.75) is 46.1 Å². The van der Waals surface area contributed by atoms with Crippen LogP contribution in [0.5, 0.6) is 0 Å². The molecule has 0 aliphatic heterocycles. The highest BCUT2D eigenvalue weighted by molar-refractivity contribution is 9.10. The minimum Gasteiger partial charge on any atom is -0.372 e. The number of ether oxygens (including phenoxy) is 1. The summed E-state index contributed by atoms with van der Waals surface area (Å²) in [7, 11) is 1.86. The van der Waals surface area contributed by atoms with Crippen LogP contribution in [0.25, 0.3) is 0 Å². The number of aryl methyl sites for hydroxylation is 1. The summed E-state index contributed by atoms with van der Waals surface area (Å²) in [6.45, 7) is 8.86. The molecule has 0 radical (unpaired) electrons. The van der Waals surface area contributed by atoms with Crippen molar-refractivity contribution in [3.05, 3.63) is 16.0 Å². The first kappa shape index (κ1) is 15.4. The van der Waals surface area contributed by atoms with Gasteiger partial charge < -0.3 is 10.1 Å². The van der Waals surface area contributed by atoms with Crippen molar-refractivity contribution in [3.63, 3.8) is 0 Å². The van der Waals surface area contributed by atoms with E-state index in [1.54, 1.807) is 0 Å². The van der Waals surface area contributed by atoms with Gasteiger partial charge in [0.2, 0.25) is 0 Å². The highest BCUT2D eigenvalue weighted by Crippen LogP contribution is 2.33. The van der Waals surface area contributed by atoms with Gasteiger partial charge in [-0.1, -0.05) is 13.8 Å². The molecule has 0 aliphatic carbocycles. The Kier molecular flexibility index (Phi) is 5.53. The smallest absolute Gasteiger partial charge is 0.162 e. The molecule has 0 saturated carbocycles. The molecule has 18 heavy (non-hydrogen) atoms. The Balaban J connectivity index is 3.32. The Hall–Kier alpha value is -0.680. The molecule has 1 aromatic heterocycles. The van der Waals surface area contributed by atoms with E-state index >= 15 is 0 Å². The van der Waals surface area contributed by atoms with E-state index in [4.69, 9.17) is 4.74 Å². The molecule has 0 saturated heterocycles. The molecule has 1 rings (SSSR count). The Morgan fingerprint density at radius 1 is 1.22 bits per heavy atom. The molecule has 5 heteroatoms.